The van der Waals surface area contributed by atoms with Crippen molar-refractivity contribution in [2.24, 2.45) is 0 Å². The topological polar surface area (TPSA) is 84.1 Å². The third-order valence-corrected chi connectivity index (χ3v) is 3.74. The van der Waals surface area contributed by atoms with E-state index in [-0.39, 0.29) is 18.9 Å². The maximum atomic E-state index is 12.6. The van der Waals surface area contributed by atoms with E-state index in [9.17, 15) is 9.59 Å². The third kappa shape index (κ3) is 2.80. The van der Waals surface area contributed by atoms with E-state index in [1.807, 2.05) is 29.5 Å². The fourth-order valence-electron chi connectivity index (χ4n) is 2.64. The fraction of sp³-hybridized carbons (Fsp3) is 0.400. The molecule has 2 aromatic heterocycles. The molecule has 7 heteroatoms. The lowest BCUT2D eigenvalue weighted by molar-refractivity contribution is -0.141. The van der Waals surface area contributed by atoms with Gasteiger partial charge < -0.3 is 19.1 Å². The number of fused-ring (bicyclic) bond motifs is 1. The van der Waals surface area contributed by atoms with E-state index in [1.165, 1.54) is 0 Å². The molecule has 0 aromatic carbocycles. The summed E-state index contributed by atoms with van der Waals surface area (Å²) in [5.41, 5.74) is 2.08. The molecule has 1 saturated heterocycles. The number of hydrogen-bond donors (Lipinski definition) is 1. The largest absolute Gasteiger partial charge is 0.481 e. The lowest BCUT2D eigenvalue weighted by atomic mass is 10.2. The Morgan fingerprint density at radius 2 is 2.27 bits per heavy atom. The Hall–Kier alpha value is -2.41. The first-order valence-electron chi connectivity index (χ1n) is 7.12. The number of carboxylic acid groups (broad SMARTS) is 1. The Kier molecular flexibility index (Phi) is 3.81. The van der Waals surface area contributed by atoms with Crippen molar-refractivity contribution in [1.29, 1.82) is 0 Å². The van der Waals surface area contributed by atoms with E-state index in [4.69, 9.17) is 9.84 Å². The van der Waals surface area contributed by atoms with Crippen LogP contribution in [0.25, 0.3) is 5.65 Å². The molecular weight excluding hydrogens is 286 g/mol. The smallest absolute Gasteiger partial charge is 0.306 e. The van der Waals surface area contributed by atoms with Crippen LogP contribution < -0.4 is 0 Å². The minimum Gasteiger partial charge on any atom is -0.481 e. The summed E-state index contributed by atoms with van der Waals surface area (Å²) in [6, 6.07) is 5.68. The van der Waals surface area contributed by atoms with Gasteiger partial charge in [-0.05, 0) is 19.1 Å². The molecule has 1 aliphatic rings. The summed E-state index contributed by atoms with van der Waals surface area (Å²) >= 11 is 0. The summed E-state index contributed by atoms with van der Waals surface area (Å²) in [5, 5.41) is 8.83. The molecular formula is C15H17N3O4. The Morgan fingerprint density at radius 1 is 1.45 bits per heavy atom. The van der Waals surface area contributed by atoms with Gasteiger partial charge >= 0.3 is 5.97 Å². The minimum atomic E-state index is -0.928. The first-order chi connectivity index (χ1) is 10.5. The molecule has 0 radical (unpaired) electrons. The van der Waals surface area contributed by atoms with Gasteiger partial charge in [0.05, 0.1) is 19.1 Å². The van der Waals surface area contributed by atoms with Crippen LogP contribution in [0.15, 0.2) is 24.4 Å². The van der Waals surface area contributed by atoms with Crippen molar-refractivity contribution in [2.75, 3.05) is 19.7 Å². The normalized spacial score (nSPS) is 18.6. The van der Waals surface area contributed by atoms with E-state index in [2.05, 4.69) is 4.98 Å². The molecule has 22 heavy (non-hydrogen) atoms. The van der Waals surface area contributed by atoms with Gasteiger partial charge in [-0.25, -0.2) is 4.98 Å². The van der Waals surface area contributed by atoms with Gasteiger partial charge in [0.25, 0.3) is 5.91 Å². The number of hydrogen-bond acceptors (Lipinski definition) is 4. The van der Waals surface area contributed by atoms with Gasteiger partial charge in [0, 0.05) is 25.0 Å². The first kappa shape index (κ1) is 14.5. The van der Waals surface area contributed by atoms with Gasteiger partial charge in [-0.3, -0.25) is 9.59 Å². The van der Waals surface area contributed by atoms with Crippen molar-refractivity contribution in [3.8, 4) is 0 Å². The van der Waals surface area contributed by atoms with Crippen molar-refractivity contribution >= 4 is 17.5 Å². The second-order valence-corrected chi connectivity index (χ2v) is 5.36. The van der Waals surface area contributed by atoms with E-state index in [0.29, 0.717) is 18.8 Å². The third-order valence-electron chi connectivity index (χ3n) is 3.74. The van der Waals surface area contributed by atoms with Crippen molar-refractivity contribution in [2.45, 2.75) is 19.4 Å². The molecule has 116 valence electrons. The monoisotopic (exact) mass is 303 g/mol. The summed E-state index contributed by atoms with van der Waals surface area (Å²) in [4.78, 5) is 29.3. The lowest BCUT2D eigenvalue weighted by Gasteiger charge is -2.31. The van der Waals surface area contributed by atoms with Crippen molar-refractivity contribution in [3.63, 3.8) is 0 Å². The number of ether oxygens (including phenoxy) is 1. The number of imidazole rings is 1. The SMILES string of the molecule is Cc1cccc2nc(C(=O)N3CCO[C@H](CC(=O)O)C3)cn12. The quantitative estimate of drug-likeness (QED) is 0.913. The predicted octanol–water partition coefficient (Wildman–Crippen LogP) is 0.958. The van der Waals surface area contributed by atoms with Crippen LogP contribution in [0.3, 0.4) is 0 Å². The number of aliphatic carboxylic acids is 1. The number of nitrogens with zero attached hydrogens (tertiary/aromatic N) is 3. The molecule has 7 nitrogen and oxygen atoms in total. The molecule has 0 bridgehead atoms. The maximum absolute atomic E-state index is 12.6. The van der Waals surface area contributed by atoms with E-state index in [1.54, 1.807) is 11.1 Å². The molecule has 1 fully saturated rings. The number of pyridine rings is 1. The van der Waals surface area contributed by atoms with Crippen LogP contribution in [0.5, 0.6) is 0 Å². The molecule has 3 rings (SSSR count). The highest BCUT2D eigenvalue weighted by molar-refractivity contribution is 5.93. The van der Waals surface area contributed by atoms with Crippen LogP contribution in [-0.2, 0) is 9.53 Å². The van der Waals surface area contributed by atoms with Gasteiger partial charge in [0.2, 0.25) is 0 Å². The number of amides is 1. The number of carboxylic acids is 1. The zero-order chi connectivity index (χ0) is 15.7. The number of aryl methyl sites for hydroxylation is 1. The van der Waals surface area contributed by atoms with Gasteiger partial charge in [0.15, 0.2) is 0 Å². The van der Waals surface area contributed by atoms with E-state index < -0.39 is 12.1 Å². The Balaban J connectivity index is 1.80. The van der Waals surface area contributed by atoms with Gasteiger partial charge in [-0.2, -0.15) is 0 Å². The summed E-state index contributed by atoms with van der Waals surface area (Å²) in [7, 11) is 0. The molecule has 1 N–H and O–H groups in total. The molecule has 1 atom stereocenters. The zero-order valence-electron chi connectivity index (χ0n) is 12.2. The number of aromatic nitrogens is 2. The average molecular weight is 303 g/mol. The molecule has 2 aromatic rings. The van der Waals surface area contributed by atoms with Crippen LogP contribution in [0.1, 0.15) is 22.6 Å². The standard InChI is InChI=1S/C15H17N3O4/c1-10-3-2-4-13-16-12(9-18(10)13)15(21)17-5-6-22-11(8-17)7-14(19)20/h2-4,9,11H,5-8H2,1H3,(H,19,20)/t11-/m1/s1. The minimum absolute atomic E-state index is 0.103. The van der Waals surface area contributed by atoms with E-state index in [0.717, 1.165) is 11.3 Å². The van der Waals surface area contributed by atoms with Crippen molar-refractivity contribution < 1.29 is 19.4 Å². The van der Waals surface area contributed by atoms with Crippen LogP contribution in [-0.4, -0.2) is 57.1 Å². The molecule has 0 unspecified atom stereocenters. The lowest BCUT2D eigenvalue weighted by Crippen LogP contribution is -2.46. The Bertz CT molecular complexity index is 725. The highest BCUT2D eigenvalue weighted by atomic mass is 16.5. The summed E-state index contributed by atoms with van der Waals surface area (Å²) < 4.78 is 7.25. The molecule has 0 saturated carbocycles. The average Bonchev–Trinajstić information content (AvgIpc) is 2.91. The van der Waals surface area contributed by atoms with Crippen LogP contribution >= 0.6 is 0 Å². The Morgan fingerprint density at radius 3 is 3.00 bits per heavy atom. The van der Waals surface area contributed by atoms with Gasteiger partial charge in [-0.15, -0.1) is 0 Å². The summed E-state index contributed by atoms with van der Waals surface area (Å²) in [5.74, 6) is -1.12. The number of morpholine rings is 1. The van der Waals surface area contributed by atoms with Crippen LogP contribution in [0, 0.1) is 6.92 Å². The highest BCUT2D eigenvalue weighted by Crippen LogP contribution is 2.14. The molecule has 0 spiro atoms. The zero-order valence-corrected chi connectivity index (χ0v) is 12.2. The fourth-order valence-corrected chi connectivity index (χ4v) is 2.64. The maximum Gasteiger partial charge on any atom is 0.306 e. The number of rotatable bonds is 3. The Labute approximate surface area is 127 Å². The number of carbonyl (C=O) groups is 2. The van der Waals surface area contributed by atoms with Crippen LogP contribution in [0.2, 0.25) is 0 Å². The molecule has 0 aliphatic carbocycles. The number of carbonyl (C=O) groups excluding carboxylic acids is 1. The van der Waals surface area contributed by atoms with Crippen molar-refractivity contribution in [1.82, 2.24) is 14.3 Å². The van der Waals surface area contributed by atoms with E-state index >= 15 is 0 Å². The predicted molar refractivity (Wildman–Crippen MR) is 77.8 cm³/mol. The second kappa shape index (κ2) is 5.76. The van der Waals surface area contributed by atoms with Gasteiger partial charge in [-0.1, -0.05) is 6.07 Å². The highest BCUT2D eigenvalue weighted by Gasteiger charge is 2.27. The van der Waals surface area contributed by atoms with Gasteiger partial charge in [0.1, 0.15) is 11.3 Å². The first-order valence-corrected chi connectivity index (χ1v) is 7.12. The second-order valence-electron chi connectivity index (χ2n) is 5.36. The summed E-state index contributed by atoms with van der Waals surface area (Å²) in [6.45, 7) is 3.01. The molecule has 3 heterocycles. The molecule has 1 amide bonds. The molecule has 1 aliphatic heterocycles. The summed E-state index contributed by atoms with van der Waals surface area (Å²) in [6.07, 6.45) is 1.15. The van der Waals surface area contributed by atoms with Crippen LogP contribution in [0.4, 0.5) is 0 Å². The van der Waals surface area contributed by atoms with Crippen molar-refractivity contribution in [3.05, 3.63) is 35.8 Å².